The fraction of sp³-hybridized carbons (Fsp3) is 0.667. The van der Waals surface area contributed by atoms with Gasteiger partial charge < -0.3 is 15.2 Å². The molecule has 2 N–H and O–H groups in total. The Morgan fingerprint density at radius 2 is 1.89 bits per heavy atom. The van der Waals surface area contributed by atoms with Crippen LogP contribution in [0.15, 0.2) is 0 Å². The third-order valence-electron chi connectivity index (χ3n) is 5.81. The highest BCUT2D eigenvalue weighted by Gasteiger charge is 2.37. The number of hydrogen-bond acceptors (Lipinski definition) is 5. The minimum absolute atomic E-state index is 0.289. The molecule has 3 rings (SSSR count). The first kappa shape index (κ1) is 20.8. The molecule has 154 valence electrons. The lowest BCUT2D eigenvalue weighted by Gasteiger charge is -2.27. The SMILES string of the molecule is CCCOC(=O)c1c(NC(=O)[C@@H]2CCCC[C@@H]2C(=O)O)sc2c1CC[C@H](C)C2. The quantitative estimate of drug-likeness (QED) is 0.687. The summed E-state index contributed by atoms with van der Waals surface area (Å²) in [6, 6.07) is 0. The number of carbonyl (C=O) groups excluding carboxylic acids is 2. The molecule has 1 fully saturated rings. The molecular weight excluding hydrogens is 378 g/mol. The number of carbonyl (C=O) groups is 3. The van der Waals surface area contributed by atoms with Crippen LogP contribution in [0.3, 0.4) is 0 Å². The molecule has 0 radical (unpaired) electrons. The van der Waals surface area contributed by atoms with Crippen LogP contribution in [0.2, 0.25) is 0 Å². The Labute approximate surface area is 169 Å². The van der Waals surface area contributed by atoms with E-state index in [1.54, 1.807) is 0 Å². The molecule has 1 aromatic heterocycles. The topological polar surface area (TPSA) is 92.7 Å². The molecule has 1 heterocycles. The van der Waals surface area contributed by atoms with Gasteiger partial charge in [0.1, 0.15) is 5.00 Å². The summed E-state index contributed by atoms with van der Waals surface area (Å²) in [4.78, 5) is 38.3. The summed E-state index contributed by atoms with van der Waals surface area (Å²) in [5, 5.41) is 12.9. The van der Waals surface area contributed by atoms with E-state index in [9.17, 15) is 19.5 Å². The Kier molecular flexibility index (Phi) is 6.75. The van der Waals surface area contributed by atoms with Crippen molar-refractivity contribution in [3.63, 3.8) is 0 Å². The third kappa shape index (κ3) is 4.40. The van der Waals surface area contributed by atoms with Gasteiger partial charge in [0.2, 0.25) is 5.91 Å². The molecule has 2 aliphatic rings. The van der Waals surface area contributed by atoms with E-state index in [-0.39, 0.29) is 11.9 Å². The van der Waals surface area contributed by atoms with Crippen LogP contribution in [0, 0.1) is 17.8 Å². The van der Waals surface area contributed by atoms with E-state index in [2.05, 4.69) is 12.2 Å². The Morgan fingerprint density at radius 3 is 2.57 bits per heavy atom. The first-order valence-corrected chi connectivity index (χ1v) is 11.1. The minimum atomic E-state index is -0.915. The van der Waals surface area contributed by atoms with Gasteiger partial charge in [-0.1, -0.05) is 26.7 Å². The largest absolute Gasteiger partial charge is 0.481 e. The van der Waals surface area contributed by atoms with Gasteiger partial charge in [-0.25, -0.2) is 4.79 Å². The summed E-state index contributed by atoms with van der Waals surface area (Å²) in [7, 11) is 0. The predicted molar refractivity (Wildman–Crippen MR) is 108 cm³/mol. The molecule has 0 unspecified atom stereocenters. The fourth-order valence-corrected chi connectivity index (χ4v) is 5.67. The van der Waals surface area contributed by atoms with Crippen LogP contribution in [0.25, 0.3) is 0 Å². The van der Waals surface area contributed by atoms with E-state index in [4.69, 9.17) is 4.74 Å². The first-order chi connectivity index (χ1) is 13.4. The van der Waals surface area contributed by atoms with Gasteiger partial charge in [-0.3, -0.25) is 9.59 Å². The molecule has 0 spiro atoms. The average Bonchev–Trinajstić information content (AvgIpc) is 3.02. The molecule has 6 nitrogen and oxygen atoms in total. The highest BCUT2D eigenvalue weighted by molar-refractivity contribution is 7.17. The van der Waals surface area contributed by atoms with Crippen LogP contribution in [-0.2, 0) is 27.2 Å². The molecule has 0 aliphatic heterocycles. The number of amides is 1. The van der Waals surface area contributed by atoms with Crippen molar-refractivity contribution in [2.45, 2.75) is 65.2 Å². The lowest BCUT2D eigenvalue weighted by Crippen LogP contribution is -2.36. The summed E-state index contributed by atoms with van der Waals surface area (Å²) < 4.78 is 5.38. The minimum Gasteiger partial charge on any atom is -0.481 e. The van der Waals surface area contributed by atoms with Crippen LogP contribution in [0.4, 0.5) is 5.00 Å². The Morgan fingerprint density at radius 1 is 1.18 bits per heavy atom. The van der Waals surface area contributed by atoms with Crippen LogP contribution in [-0.4, -0.2) is 29.6 Å². The Hall–Kier alpha value is -1.89. The van der Waals surface area contributed by atoms with Crippen molar-refractivity contribution < 1.29 is 24.2 Å². The fourth-order valence-electron chi connectivity index (χ4n) is 4.27. The molecule has 0 saturated heterocycles. The van der Waals surface area contributed by atoms with Crippen molar-refractivity contribution in [2.24, 2.45) is 17.8 Å². The van der Waals surface area contributed by atoms with E-state index in [0.29, 0.717) is 35.9 Å². The van der Waals surface area contributed by atoms with Crippen molar-refractivity contribution in [3.05, 3.63) is 16.0 Å². The Bertz CT molecular complexity index is 756. The second kappa shape index (κ2) is 9.07. The van der Waals surface area contributed by atoms with E-state index in [1.807, 2.05) is 6.92 Å². The monoisotopic (exact) mass is 407 g/mol. The molecule has 3 atom stereocenters. The summed E-state index contributed by atoms with van der Waals surface area (Å²) in [6.07, 6.45) is 6.23. The van der Waals surface area contributed by atoms with Gasteiger partial charge in [-0.05, 0) is 50.0 Å². The van der Waals surface area contributed by atoms with E-state index >= 15 is 0 Å². The molecule has 7 heteroatoms. The number of nitrogens with one attached hydrogen (secondary N) is 1. The number of thiophene rings is 1. The van der Waals surface area contributed by atoms with Crippen LogP contribution in [0.5, 0.6) is 0 Å². The summed E-state index contributed by atoms with van der Waals surface area (Å²) in [6.45, 7) is 4.47. The zero-order valence-electron chi connectivity index (χ0n) is 16.6. The standard InChI is InChI=1S/C21H29NO5S/c1-3-10-27-21(26)17-15-9-8-12(2)11-16(15)28-19(17)22-18(23)13-6-4-5-7-14(13)20(24)25/h12-14H,3-11H2,1-2H3,(H,22,23)(H,24,25)/t12-,13+,14-/m0/s1. The molecule has 28 heavy (non-hydrogen) atoms. The molecule has 2 aliphatic carbocycles. The number of carboxylic acid groups (broad SMARTS) is 1. The maximum absolute atomic E-state index is 12.9. The smallest absolute Gasteiger partial charge is 0.341 e. The van der Waals surface area contributed by atoms with Crippen molar-refractivity contribution in [3.8, 4) is 0 Å². The molecule has 0 bridgehead atoms. The average molecular weight is 408 g/mol. The molecule has 0 aromatic carbocycles. The van der Waals surface area contributed by atoms with E-state index < -0.39 is 17.8 Å². The van der Waals surface area contributed by atoms with Gasteiger partial charge >= 0.3 is 11.9 Å². The van der Waals surface area contributed by atoms with E-state index in [0.717, 1.165) is 49.0 Å². The number of aliphatic carboxylic acids is 1. The van der Waals surface area contributed by atoms with Crippen molar-refractivity contribution in [1.82, 2.24) is 0 Å². The van der Waals surface area contributed by atoms with Crippen molar-refractivity contribution >= 4 is 34.2 Å². The van der Waals surface area contributed by atoms with Crippen LogP contribution >= 0.6 is 11.3 Å². The normalized spacial score (nSPS) is 24.3. The molecular formula is C21H29NO5S. The van der Waals surface area contributed by atoms with Crippen molar-refractivity contribution in [2.75, 3.05) is 11.9 Å². The second-order valence-corrected chi connectivity index (χ2v) is 9.12. The number of carboxylic acids is 1. The van der Waals surface area contributed by atoms with Crippen LogP contribution < -0.4 is 5.32 Å². The number of ether oxygens (including phenoxy) is 1. The number of fused-ring (bicyclic) bond motifs is 1. The van der Waals surface area contributed by atoms with Gasteiger partial charge in [0, 0.05) is 4.88 Å². The lowest BCUT2D eigenvalue weighted by molar-refractivity contribution is -0.147. The highest BCUT2D eigenvalue weighted by atomic mass is 32.1. The van der Waals surface area contributed by atoms with Crippen molar-refractivity contribution in [1.29, 1.82) is 0 Å². The highest BCUT2D eigenvalue weighted by Crippen LogP contribution is 2.41. The van der Waals surface area contributed by atoms with Gasteiger partial charge in [0.05, 0.1) is 24.0 Å². The van der Waals surface area contributed by atoms with Gasteiger partial charge in [-0.2, -0.15) is 0 Å². The predicted octanol–water partition coefficient (Wildman–Crippen LogP) is 4.27. The maximum Gasteiger partial charge on any atom is 0.341 e. The third-order valence-corrected chi connectivity index (χ3v) is 6.98. The van der Waals surface area contributed by atoms with E-state index in [1.165, 1.54) is 11.3 Å². The summed E-state index contributed by atoms with van der Waals surface area (Å²) in [5.41, 5.74) is 1.48. The van der Waals surface area contributed by atoms with Gasteiger partial charge in [0.25, 0.3) is 0 Å². The molecule has 1 amide bonds. The zero-order valence-corrected chi connectivity index (χ0v) is 17.4. The van der Waals surface area contributed by atoms with Gasteiger partial charge in [0.15, 0.2) is 0 Å². The second-order valence-electron chi connectivity index (χ2n) is 8.02. The number of esters is 1. The number of hydrogen-bond donors (Lipinski definition) is 2. The van der Waals surface area contributed by atoms with Crippen LogP contribution in [0.1, 0.15) is 73.2 Å². The first-order valence-electron chi connectivity index (χ1n) is 10.3. The lowest BCUT2D eigenvalue weighted by atomic mass is 9.78. The number of anilines is 1. The summed E-state index contributed by atoms with van der Waals surface area (Å²) >= 11 is 1.45. The maximum atomic E-state index is 12.9. The van der Waals surface area contributed by atoms with Gasteiger partial charge in [-0.15, -0.1) is 11.3 Å². The molecule has 1 aromatic rings. The number of rotatable bonds is 6. The summed E-state index contributed by atoms with van der Waals surface area (Å²) in [5.74, 6) is -2.25. The Balaban J connectivity index is 1.87. The zero-order chi connectivity index (χ0) is 20.3. The molecule has 1 saturated carbocycles.